The summed E-state index contributed by atoms with van der Waals surface area (Å²) in [5, 5.41) is 80.2. The van der Waals surface area contributed by atoms with Crippen molar-refractivity contribution in [3.63, 3.8) is 0 Å². The lowest BCUT2D eigenvalue weighted by Gasteiger charge is -2.40. The summed E-state index contributed by atoms with van der Waals surface area (Å²) < 4.78 is 22.3. The Kier molecular flexibility index (Phi) is 7.54. The van der Waals surface area contributed by atoms with Gasteiger partial charge in [-0.05, 0) is 12.1 Å². The van der Waals surface area contributed by atoms with Crippen LogP contribution < -0.4 is 9.47 Å². The van der Waals surface area contributed by atoms with Crippen LogP contribution in [0.15, 0.2) is 36.4 Å². The maximum atomic E-state index is 10.3. The highest BCUT2D eigenvalue weighted by Gasteiger charge is 2.46. The molecular weight excluding hydrogens is 456 g/mol. The third-order valence-corrected chi connectivity index (χ3v) is 6.03. The van der Waals surface area contributed by atoms with Gasteiger partial charge in [-0.3, -0.25) is 0 Å². The lowest BCUT2D eigenvalue weighted by molar-refractivity contribution is -0.277. The van der Waals surface area contributed by atoms with Crippen molar-refractivity contribution in [3.8, 4) is 11.5 Å². The maximum Gasteiger partial charge on any atom is 0.229 e. The zero-order valence-electron chi connectivity index (χ0n) is 17.9. The van der Waals surface area contributed by atoms with Crippen molar-refractivity contribution in [2.24, 2.45) is 0 Å². The molecule has 4 rings (SSSR count). The summed E-state index contributed by atoms with van der Waals surface area (Å²) in [6.45, 7) is -1.20. The van der Waals surface area contributed by atoms with Crippen molar-refractivity contribution in [1.29, 1.82) is 0 Å². The van der Waals surface area contributed by atoms with Crippen LogP contribution in [0.25, 0.3) is 10.8 Å². The van der Waals surface area contributed by atoms with Gasteiger partial charge in [0.15, 0.2) is 0 Å². The molecule has 0 unspecified atom stereocenters. The van der Waals surface area contributed by atoms with E-state index < -0.39 is 74.6 Å². The number of fused-ring (bicyclic) bond motifs is 1. The van der Waals surface area contributed by atoms with Gasteiger partial charge in [0.1, 0.15) is 60.3 Å². The van der Waals surface area contributed by atoms with E-state index in [1.165, 1.54) is 12.1 Å². The lowest BCUT2D eigenvalue weighted by atomic mass is 9.99. The van der Waals surface area contributed by atoms with E-state index in [0.717, 1.165) is 0 Å². The predicted octanol–water partition coefficient (Wildman–Crippen LogP) is -2.80. The SMILES string of the molecule is OC[C@H]1O[C@@H](Oc2ccc(O[C@@H]3O[C@H](CO)[C@@H](O)[C@H](O)[C@H]3O)c3ccccc23)[C@H](O)[C@@H](O)[C@@H]1O. The number of benzene rings is 2. The first-order valence-corrected chi connectivity index (χ1v) is 10.7. The van der Waals surface area contributed by atoms with Gasteiger partial charge in [0.2, 0.25) is 12.6 Å². The van der Waals surface area contributed by atoms with Crippen molar-refractivity contribution in [2.75, 3.05) is 13.2 Å². The van der Waals surface area contributed by atoms with Crippen LogP contribution in [0.2, 0.25) is 0 Å². The summed E-state index contributed by atoms with van der Waals surface area (Å²) in [5.41, 5.74) is 0. The Morgan fingerprint density at radius 2 is 0.941 bits per heavy atom. The summed E-state index contributed by atoms with van der Waals surface area (Å²) in [5.74, 6) is 0.446. The highest BCUT2D eigenvalue weighted by molar-refractivity contribution is 5.93. The minimum absolute atomic E-state index is 0.223. The van der Waals surface area contributed by atoms with E-state index in [9.17, 15) is 40.9 Å². The second kappa shape index (κ2) is 10.3. The molecule has 10 atom stereocenters. The van der Waals surface area contributed by atoms with Gasteiger partial charge in [0, 0.05) is 10.8 Å². The van der Waals surface area contributed by atoms with Crippen LogP contribution in [0.5, 0.6) is 11.5 Å². The van der Waals surface area contributed by atoms with Crippen LogP contribution in [0.3, 0.4) is 0 Å². The van der Waals surface area contributed by atoms with Gasteiger partial charge >= 0.3 is 0 Å². The molecule has 2 aromatic rings. The molecular formula is C22H28O12. The molecule has 2 saturated heterocycles. The van der Waals surface area contributed by atoms with Gasteiger partial charge in [0.25, 0.3) is 0 Å². The van der Waals surface area contributed by atoms with Gasteiger partial charge in [-0.15, -0.1) is 0 Å². The first kappa shape index (κ1) is 25.0. The predicted molar refractivity (Wildman–Crippen MR) is 113 cm³/mol. The van der Waals surface area contributed by atoms with Crippen molar-refractivity contribution in [3.05, 3.63) is 36.4 Å². The lowest BCUT2D eigenvalue weighted by Crippen LogP contribution is -2.60. The second-order valence-corrected chi connectivity index (χ2v) is 8.24. The molecule has 188 valence electrons. The molecule has 2 heterocycles. The highest BCUT2D eigenvalue weighted by atomic mass is 16.7. The normalized spacial score (nSPS) is 38.6. The molecule has 0 aromatic heterocycles. The first-order valence-electron chi connectivity index (χ1n) is 10.7. The zero-order valence-corrected chi connectivity index (χ0v) is 17.9. The molecule has 2 fully saturated rings. The Balaban J connectivity index is 1.60. The van der Waals surface area contributed by atoms with E-state index >= 15 is 0 Å². The quantitative estimate of drug-likeness (QED) is 0.210. The van der Waals surface area contributed by atoms with Crippen molar-refractivity contribution < 1.29 is 59.8 Å². The standard InChI is InChI=1S/C22H28O12/c23-7-13-15(25)17(27)19(29)21(33-13)31-11-5-6-12(10-4-2-1-3-9(10)11)32-22-20(30)18(28)16(26)14(8-24)34-22/h1-6,13-30H,7-8H2/t13-,14-,15-,16-,17+,18+,19-,20-,21-,22-/m1/s1. The number of ether oxygens (including phenoxy) is 4. The molecule has 12 heteroatoms. The van der Waals surface area contributed by atoms with Crippen molar-refractivity contribution in [1.82, 2.24) is 0 Å². The number of hydrogen-bond donors (Lipinski definition) is 8. The molecule has 34 heavy (non-hydrogen) atoms. The molecule has 0 saturated carbocycles. The summed E-state index contributed by atoms with van der Waals surface area (Å²) >= 11 is 0. The first-order chi connectivity index (χ1) is 16.3. The fourth-order valence-electron chi connectivity index (χ4n) is 4.03. The Morgan fingerprint density at radius 1 is 0.559 bits per heavy atom. The molecule has 2 aliphatic rings. The van der Waals surface area contributed by atoms with E-state index in [4.69, 9.17) is 18.9 Å². The average Bonchev–Trinajstić information content (AvgIpc) is 2.85. The van der Waals surface area contributed by atoms with Crippen LogP contribution >= 0.6 is 0 Å². The molecule has 2 aromatic carbocycles. The summed E-state index contributed by atoms with van der Waals surface area (Å²) in [6, 6.07) is 9.72. The summed E-state index contributed by atoms with van der Waals surface area (Å²) in [4.78, 5) is 0. The maximum absolute atomic E-state index is 10.3. The minimum atomic E-state index is -1.60. The second-order valence-electron chi connectivity index (χ2n) is 8.24. The zero-order chi connectivity index (χ0) is 24.6. The minimum Gasteiger partial charge on any atom is -0.461 e. The average molecular weight is 484 g/mol. The third-order valence-electron chi connectivity index (χ3n) is 6.03. The van der Waals surface area contributed by atoms with Crippen LogP contribution in [0, 0.1) is 0 Å². The monoisotopic (exact) mass is 484 g/mol. The summed E-state index contributed by atoms with van der Waals surface area (Å²) in [7, 11) is 0. The highest BCUT2D eigenvalue weighted by Crippen LogP contribution is 2.36. The smallest absolute Gasteiger partial charge is 0.229 e. The molecule has 0 spiro atoms. The van der Waals surface area contributed by atoms with E-state index in [1.807, 2.05) is 0 Å². The van der Waals surface area contributed by atoms with Crippen LogP contribution in [-0.2, 0) is 9.47 Å². The van der Waals surface area contributed by atoms with E-state index in [1.54, 1.807) is 24.3 Å². The summed E-state index contributed by atoms with van der Waals surface area (Å²) in [6.07, 6.45) is -14.5. The van der Waals surface area contributed by atoms with E-state index in [-0.39, 0.29) is 11.5 Å². The Labute approximate surface area is 193 Å². The topological polar surface area (TPSA) is 199 Å². The van der Waals surface area contributed by atoms with Gasteiger partial charge < -0.3 is 59.8 Å². The third kappa shape index (κ3) is 4.57. The number of hydrogen-bond acceptors (Lipinski definition) is 12. The van der Waals surface area contributed by atoms with E-state index in [0.29, 0.717) is 10.8 Å². The van der Waals surface area contributed by atoms with Crippen LogP contribution in [-0.4, -0.2) is 115 Å². The molecule has 8 N–H and O–H groups in total. The molecule has 2 aliphatic heterocycles. The Bertz CT molecular complexity index is 892. The van der Waals surface area contributed by atoms with Crippen molar-refractivity contribution in [2.45, 2.75) is 61.4 Å². The Hall–Kier alpha value is -2.10. The molecule has 0 aliphatic carbocycles. The fraction of sp³-hybridized carbons (Fsp3) is 0.545. The fourth-order valence-corrected chi connectivity index (χ4v) is 4.03. The number of aliphatic hydroxyl groups excluding tert-OH is 8. The van der Waals surface area contributed by atoms with E-state index in [2.05, 4.69) is 0 Å². The number of aliphatic hydroxyl groups is 8. The van der Waals surface area contributed by atoms with Crippen LogP contribution in [0.4, 0.5) is 0 Å². The van der Waals surface area contributed by atoms with Gasteiger partial charge in [-0.25, -0.2) is 0 Å². The Morgan fingerprint density at radius 3 is 1.29 bits per heavy atom. The molecule has 0 radical (unpaired) electrons. The van der Waals surface area contributed by atoms with Crippen molar-refractivity contribution >= 4 is 10.8 Å². The number of rotatable bonds is 6. The molecule has 0 amide bonds. The van der Waals surface area contributed by atoms with Gasteiger partial charge in [0.05, 0.1) is 13.2 Å². The molecule has 0 bridgehead atoms. The van der Waals surface area contributed by atoms with Gasteiger partial charge in [-0.1, -0.05) is 24.3 Å². The molecule has 12 nitrogen and oxygen atoms in total. The van der Waals surface area contributed by atoms with Crippen LogP contribution in [0.1, 0.15) is 0 Å². The van der Waals surface area contributed by atoms with Gasteiger partial charge in [-0.2, -0.15) is 0 Å². The largest absolute Gasteiger partial charge is 0.461 e.